The molecular formula is C22H17BrN2O3. The zero-order valence-electron chi connectivity index (χ0n) is 14.9. The Morgan fingerprint density at radius 2 is 1.50 bits per heavy atom. The minimum Gasteiger partial charge on any atom is -0.326 e. The molecule has 1 N–H and O–H groups in total. The molecule has 140 valence electrons. The van der Waals surface area contributed by atoms with Crippen LogP contribution >= 0.6 is 15.9 Å². The molecule has 0 radical (unpaired) electrons. The van der Waals surface area contributed by atoms with Crippen LogP contribution in [0.3, 0.4) is 0 Å². The van der Waals surface area contributed by atoms with Gasteiger partial charge in [-0.3, -0.25) is 19.3 Å². The molecule has 3 amide bonds. The molecule has 1 heterocycles. The summed E-state index contributed by atoms with van der Waals surface area (Å²) in [6, 6.07) is 18.2. The number of halogens is 1. The Balaban J connectivity index is 1.43. The largest absolute Gasteiger partial charge is 0.326 e. The van der Waals surface area contributed by atoms with Crippen molar-refractivity contribution in [2.45, 2.75) is 12.8 Å². The van der Waals surface area contributed by atoms with E-state index in [0.717, 1.165) is 9.86 Å². The van der Waals surface area contributed by atoms with Gasteiger partial charge < -0.3 is 5.32 Å². The van der Waals surface area contributed by atoms with Gasteiger partial charge in [-0.25, -0.2) is 0 Å². The predicted molar refractivity (Wildman–Crippen MR) is 111 cm³/mol. The molecule has 0 saturated carbocycles. The van der Waals surface area contributed by atoms with Gasteiger partial charge in [0.2, 0.25) is 5.91 Å². The van der Waals surface area contributed by atoms with Gasteiger partial charge in [-0.05, 0) is 48.2 Å². The van der Waals surface area contributed by atoms with Crippen LogP contribution in [0, 0.1) is 0 Å². The summed E-state index contributed by atoms with van der Waals surface area (Å²) in [6.07, 6.45) is 0.622. The fraction of sp³-hybridized carbons (Fsp3) is 0.136. The van der Waals surface area contributed by atoms with E-state index in [-0.39, 0.29) is 30.7 Å². The van der Waals surface area contributed by atoms with Crippen LogP contribution in [0.5, 0.6) is 0 Å². The summed E-state index contributed by atoms with van der Waals surface area (Å²) in [7, 11) is 0. The summed E-state index contributed by atoms with van der Waals surface area (Å²) in [6.45, 7) is 0.205. The van der Waals surface area contributed by atoms with E-state index >= 15 is 0 Å². The first-order valence-corrected chi connectivity index (χ1v) is 9.77. The lowest BCUT2D eigenvalue weighted by atomic mass is 9.94. The number of nitrogens with one attached hydrogen (secondary N) is 1. The summed E-state index contributed by atoms with van der Waals surface area (Å²) >= 11 is 3.35. The van der Waals surface area contributed by atoms with E-state index in [1.165, 1.54) is 4.90 Å². The summed E-state index contributed by atoms with van der Waals surface area (Å²) in [5.74, 6) is -0.757. The second kappa shape index (κ2) is 7.56. The molecule has 4 rings (SSSR count). The highest BCUT2D eigenvalue weighted by molar-refractivity contribution is 9.10. The van der Waals surface area contributed by atoms with Gasteiger partial charge in [0.15, 0.2) is 0 Å². The molecule has 0 unspecified atom stereocenters. The Morgan fingerprint density at radius 1 is 0.893 bits per heavy atom. The quantitative estimate of drug-likeness (QED) is 0.593. The van der Waals surface area contributed by atoms with Crippen LogP contribution in [0.25, 0.3) is 10.8 Å². The molecule has 1 aliphatic rings. The smallest absolute Gasteiger partial charge is 0.261 e. The average molecular weight is 437 g/mol. The molecule has 0 fully saturated rings. The summed E-state index contributed by atoms with van der Waals surface area (Å²) in [4.78, 5) is 39.0. The Bertz CT molecular complexity index is 1040. The van der Waals surface area contributed by atoms with E-state index in [2.05, 4.69) is 21.2 Å². The standard InChI is InChI=1S/C22H17BrN2O3/c23-15-9-11-16(12-10-15)24-19(26)8-3-13-25-21(27)17-6-1-4-14-5-2-7-18(20(14)17)22(25)28/h1-2,4-7,9-12H,3,8,13H2,(H,24,26). The maximum atomic E-state index is 12.8. The third-order valence-electron chi connectivity index (χ3n) is 4.77. The van der Waals surface area contributed by atoms with Crippen LogP contribution in [-0.4, -0.2) is 29.2 Å². The number of anilines is 1. The van der Waals surface area contributed by atoms with Crippen molar-refractivity contribution < 1.29 is 14.4 Å². The number of carbonyl (C=O) groups is 3. The van der Waals surface area contributed by atoms with Gasteiger partial charge in [0, 0.05) is 39.6 Å². The minimum absolute atomic E-state index is 0.151. The summed E-state index contributed by atoms with van der Waals surface area (Å²) < 4.78 is 0.933. The van der Waals surface area contributed by atoms with E-state index in [9.17, 15) is 14.4 Å². The number of carbonyl (C=O) groups excluding carboxylic acids is 3. The molecule has 0 spiro atoms. The Labute approximate surface area is 170 Å². The first kappa shape index (κ1) is 18.4. The van der Waals surface area contributed by atoms with Gasteiger partial charge in [-0.2, -0.15) is 0 Å². The van der Waals surface area contributed by atoms with Crippen molar-refractivity contribution >= 4 is 50.1 Å². The normalized spacial score (nSPS) is 13.1. The molecule has 0 bridgehead atoms. The Hall–Kier alpha value is -2.99. The van der Waals surface area contributed by atoms with Crippen molar-refractivity contribution in [3.05, 3.63) is 76.3 Å². The highest BCUT2D eigenvalue weighted by Crippen LogP contribution is 2.30. The molecule has 0 saturated heterocycles. The third-order valence-corrected chi connectivity index (χ3v) is 5.30. The van der Waals surface area contributed by atoms with Crippen molar-refractivity contribution in [1.29, 1.82) is 0 Å². The fourth-order valence-corrected chi connectivity index (χ4v) is 3.70. The highest BCUT2D eigenvalue weighted by Gasteiger charge is 2.32. The fourth-order valence-electron chi connectivity index (χ4n) is 3.44. The van der Waals surface area contributed by atoms with Gasteiger partial charge in [0.1, 0.15) is 0 Å². The van der Waals surface area contributed by atoms with Gasteiger partial charge in [0.25, 0.3) is 11.8 Å². The number of hydrogen-bond donors (Lipinski definition) is 1. The SMILES string of the molecule is O=C(CCCN1C(=O)c2cccc3cccc(c23)C1=O)Nc1ccc(Br)cc1. The van der Waals surface area contributed by atoms with Crippen LogP contribution in [0.4, 0.5) is 5.69 Å². The molecule has 0 aromatic heterocycles. The molecule has 0 atom stereocenters. The summed E-state index contributed by atoms with van der Waals surface area (Å²) in [5.41, 5.74) is 1.78. The summed E-state index contributed by atoms with van der Waals surface area (Å²) in [5, 5.41) is 4.40. The average Bonchev–Trinajstić information content (AvgIpc) is 2.70. The zero-order chi connectivity index (χ0) is 19.7. The maximum Gasteiger partial charge on any atom is 0.261 e. The van der Waals surface area contributed by atoms with Crippen LogP contribution in [-0.2, 0) is 4.79 Å². The molecule has 6 heteroatoms. The lowest BCUT2D eigenvalue weighted by Crippen LogP contribution is -2.41. The topological polar surface area (TPSA) is 66.5 Å². The van der Waals surface area contributed by atoms with E-state index in [0.29, 0.717) is 28.6 Å². The molecular weight excluding hydrogens is 420 g/mol. The molecule has 0 aliphatic carbocycles. The molecule has 5 nitrogen and oxygen atoms in total. The Morgan fingerprint density at radius 3 is 2.11 bits per heavy atom. The van der Waals surface area contributed by atoms with Gasteiger partial charge in [-0.15, -0.1) is 0 Å². The minimum atomic E-state index is -0.303. The van der Waals surface area contributed by atoms with Gasteiger partial charge in [0.05, 0.1) is 0 Å². The molecule has 1 aliphatic heterocycles. The van der Waals surface area contributed by atoms with Crippen LogP contribution in [0.2, 0.25) is 0 Å². The molecule has 3 aromatic carbocycles. The van der Waals surface area contributed by atoms with Crippen molar-refractivity contribution in [2.24, 2.45) is 0 Å². The highest BCUT2D eigenvalue weighted by atomic mass is 79.9. The number of imide groups is 1. The van der Waals surface area contributed by atoms with Crippen LogP contribution in [0.1, 0.15) is 33.6 Å². The van der Waals surface area contributed by atoms with Gasteiger partial charge in [-0.1, -0.05) is 40.2 Å². The van der Waals surface area contributed by atoms with Crippen LogP contribution in [0.15, 0.2) is 65.1 Å². The number of hydrogen-bond acceptors (Lipinski definition) is 3. The second-order valence-electron chi connectivity index (χ2n) is 6.63. The van der Waals surface area contributed by atoms with Crippen molar-refractivity contribution in [3.8, 4) is 0 Å². The van der Waals surface area contributed by atoms with Crippen molar-refractivity contribution in [3.63, 3.8) is 0 Å². The molecule has 3 aromatic rings. The first-order valence-electron chi connectivity index (χ1n) is 8.98. The molecule has 28 heavy (non-hydrogen) atoms. The maximum absolute atomic E-state index is 12.8. The first-order chi connectivity index (χ1) is 13.5. The number of nitrogens with zero attached hydrogens (tertiary/aromatic N) is 1. The lowest BCUT2D eigenvalue weighted by Gasteiger charge is -2.27. The van der Waals surface area contributed by atoms with E-state index in [1.54, 1.807) is 24.3 Å². The van der Waals surface area contributed by atoms with Crippen LogP contribution < -0.4 is 5.32 Å². The third kappa shape index (κ3) is 3.43. The Kier molecular flexibility index (Phi) is 4.96. The number of rotatable bonds is 5. The van der Waals surface area contributed by atoms with Crippen molar-refractivity contribution in [2.75, 3.05) is 11.9 Å². The van der Waals surface area contributed by atoms with Crippen molar-refractivity contribution in [1.82, 2.24) is 4.90 Å². The number of benzene rings is 3. The number of amides is 3. The van der Waals surface area contributed by atoms with Gasteiger partial charge >= 0.3 is 0 Å². The van der Waals surface area contributed by atoms with E-state index in [1.807, 2.05) is 36.4 Å². The monoisotopic (exact) mass is 436 g/mol. The lowest BCUT2D eigenvalue weighted by molar-refractivity contribution is -0.116. The predicted octanol–water partition coefficient (Wildman–Crippen LogP) is 4.62. The van der Waals surface area contributed by atoms with E-state index in [4.69, 9.17) is 0 Å². The van der Waals surface area contributed by atoms with E-state index < -0.39 is 0 Å². The second-order valence-corrected chi connectivity index (χ2v) is 7.55. The zero-order valence-corrected chi connectivity index (χ0v) is 16.5.